The first-order valence-electron chi connectivity index (χ1n) is 15.9. The second-order valence-corrected chi connectivity index (χ2v) is 12.5. The predicted molar refractivity (Wildman–Crippen MR) is 163 cm³/mol. The highest BCUT2D eigenvalue weighted by Gasteiger charge is 2.72. The van der Waals surface area contributed by atoms with Gasteiger partial charge in [0.1, 0.15) is 23.1 Å². The van der Waals surface area contributed by atoms with E-state index in [9.17, 15) is 14.4 Å². The monoisotopic (exact) mass is 600 g/mol. The Hall–Kier alpha value is -3.73. The van der Waals surface area contributed by atoms with Gasteiger partial charge in [-0.15, -0.1) is 0 Å². The highest BCUT2D eigenvalue weighted by molar-refractivity contribution is 6.02. The normalized spacial score (nSPS) is 29.9. The van der Waals surface area contributed by atoms with Crippen molar-refractivity contribution in [1.29, 1.82) is 0 Å². The van der Waals surface area contributed by atoms with Crippen molar-refractivity contribution in [1.82, 2.24) is 15.1 Å². The molecule has 4 fully saturated rings. The maximum Gasteiger partial charge on any atom is 0.246 e. The lowest BCUT2D eigenvalue weighted by Gasteiger charge is -2.35. The smallest absolute Gasteiger partial charge is 0.246 e. The molecule has 3 unspecified atom stereocenters. The van der Waals surface area contributed by atoms with E-state index in [2.05, 4.69) is 15.5 Å². The Kier molecular flexibility index (Phi) is 8.14. The number of amides is 3. The molecule has 3 saturated heterocycles. The van der Waals surface area contributed by atoms with E-state index < -0.39 is 29.6 Å². The number of hydrogen-bond acceptors (Lipinski definition) is 7. The molecule has 4 aliphatic heterocycles. The molecule has 44 heavy (non-hydrogen) atoms. The van der Waals surface area contributed by atoms with Crippen molar-refractivity contribution in [2.24, 2.45) is 11.8 Å². The van der Waals surface area contributed by atoms with Crippen molar-refractivity contribution in [3.05, 3.63) is 66.7 Å². The first-order chi connectivity index (χ1) is 21.5. The molecule has 1 saturated carbocycles. The van der Waals surface area contributed by atoms with Gasteiger partial charge >= 0.3 is 0 Å². The van der Waals surface area contributed by atoms with E-state index in [1.54, 1.807) is 29.2 Å². The third kappa shape index (κ3) is 5.50. The van der Waals surface area contributed by atoms with Crippen LogP contribution in [0.2, 0.25) is 0 Å². The van der Waals surface area contributed by atoms with E-state index in [0.717, 1.165) is 44.5 Å². The molecular formula is C34H40N4O6. The van der Waals surface area contributed by atoms with E-state index in [0.29, 0.717) is 37.7 Å². The quantitative estimate of drug-likeness (QED) is 0.425. The van der Waals surface area contributed by atoms with Crippen molar-refractivity contribution in [3.8, 4) is 11.5 Å². The van der Waals surface area contributed by atoms with Crippen LogP contribution >= 0.6 is 0 Å². The minimum atomic E-state index is -1.17. The van der Waals surface area contributed by atoms with E-state index in [1.165, 1.54) is 6.42 Å². The van der Waals surface area contributed by atoms with Crippen molar-refractivity contribution in [2.45, 2.75) is 55.9 Å². The molecule has 2 aromatic carbocycles. The van der Waals surface area contributed by atoms with E-state index >= 15 is 0 Å². The van der Waals surface area contributed by atoms with Crippen LogP contribution in [0.4, 0.5) is 5.69 Å². The first-order valence-corrected chi connectivity index (χ1v) is 15.9. The van der Waals surface area contributed by atoms with Gasteiger partial charge in [-0.3, -0.25) is 19.3 Å². The fraction of sp³-hybridized carbons (Fsp3) is 0.500. The first kappa shape index (κ1) is 29.0. The number of nitrogens with one attached hydrogen (secondary N) is 2. The van der Waals surface area contributed by atoms with Gasteiger partial charge in [0.05, 0.1) is 31.2 Å². The number of fused-ring (bicyclic) bond motifs is 1. The molecule has 2 bridgehead atoms. The molecule has 5 aliphatic rings. The molecule has 3 amide bonds. The van der Waals surface area contributed by atoms with Gasteiger partial charge < -0.3 is 29.7 Å². The molecule has 10 heteroatoms. The van der Waals surface area contributed by atoms with Gasteiger partial charge in [-0.1, -0.05) is 49.6 Å². The van der Waals surface area contributed by atoms with Gasteiger partial charge in [-0.05, 0) is 49.2 Å². The Morgan fingerprint density at radius 3 is 2.39 bits per heavy atom. The number of carbonyl (C=O) groups excluding carboxylic acids is 3. The summed E-state index contributed by atoms with van der Waals surface area (Å²) in [6.45, 7) is 3.90. The number of para-hydroxylation sites is 1. The van der Waals surface area contributed by atoms with Crippen molar-refractivity contribution < 1.29 is 28.6 Å². The summed E-state index contributed by atoms with van der Waals surface area (Å²) in [4.78, 5) is 46.0. The lowest BCUT2D eigenvalue weighted by Crippen LogP contribution is -2.57. The van der Waals surface area contributed by atoms with Gasteiger partial charge in [0.15, 0.2) is 0 Å². The van der Waals surface area contributed by atoms with Gasteiger partial charge in [-0.25, -0.2) is 0 Å². The zero-order chi connectivity index (χ0) is 30.1. The zero-order valence-electron chi connectivity index (χ0n) is 24.9. The van der Waals surface area contributed by atoms with Crippen LogP contribution in [0.1, 0.15) is 32.1 Å². The van der Waals surface area contributed by atoms with Crippen LogP contribution < -0.4 is 15.4 Å². The average molecular weight is 601 g/mol. The Morgan fingerprint density at radius 2 is 1.64 bits per heavy atom. The zero-order valence-corrected chi connectivity index (χ0v) is 24.9. The fourth-order valence-corrected chi connectivity index (χ4v) is 7.57. The Bertz CT molecular complexity index is 1390. The number of ether oxygens (including phenoxy) is 3. The largest absolute Gasteiger partial charge is 0.457 e. The van der Waals surface area contributed by atoms with Crippen LogP contribution in [0.3, 0.4) is 0 Å². The minimum Gasteiger partial charge on any atom is -0.457 e. The minimum absolute atomic E-state index is 0.0958. The number of morpholine rings is 1. The molecule has 1 spiro atoms. The van der Waals surface area contributed by atoms with Crippen LogP contribution in [0, 0.1) is 11.8 Å². The van der Waals surface area contributed by atoms with Crippen molar-refractivity contribution in [2.75, 3.05) is 44.7 Å². The van der Waals surface area contributed by atoms with Gasteiger partial charge in [0.2, 0.25) is 17.7 Å². The highest BCUT2D eigenvalue weighted by atomic mass is 16.5. The predicted octanol–water partition coefficient (Wildman–Crippen LogP) is 3.35. The van der Waals surface area contributed by atoms with Crippen LogP contribution in [0.15, 0.2) is 66.7 Å². The maximum absolute atomic E-state index is 14.2. The summed E-state index contributed by atoms with van der Waals surface area (Å²) in [5.41, 5.74) is -0.571. The number of anilines is 1. The lowest BCUT2D eigenvalue weighted by molar-refractivity contribution is -0.141. The van der Waals surface area contributed by atoms with Crippen LogP contribution in [-0.2, 0) is 23.9 Å². The second-order valence-electron chi connectivity index (χ2n) is 12.5. The van der Waals surface area contributed by atoms with Crippen molar-refractivity contribution >= 4 is 23.4 Å². The number of rotatable bonds is 9. The Balaban J connectivity index is 1.09. The van der Waals surface area contributed by atoms with E-state index in [4.69, 9.17) is 14.2 Å². The number of likely N-dealkylation sites (tertiary alicyclic amines) is 1. The standard InChI is InChI=1S/C34H40N4O6/c39-31(35-24-11-13-26(14-12-24)43-25-9-5-2-6-10-25)28-27-15-16-34(44-27)29(28)33(41)38(18-17-37-19-21-42-22-20-37)30(34)32(40)36-23-7-3-1-4-8-23/h2,5-6,9-16,23,27-30H,1,3-4,7-8,17-22H2,(H,35,39)(H,36,40)/t27-,28?,29-,30?,34?/m0/s1. The molecule has 7 rings (SSSR count). The van der Waals surface area contributed by atoms with Crippen LogP contribution in [0.25, 0.3) is 0 Å². The number of carbonyl (C=O) groups is 3. The summed E-state index contributed by atoms with van der Waals surface area (Å²) in [5.74, 6) is -0.821. The lowest BCUT2D eigenvalue weighted by atomic mass is 9.74. The summed E-state index contributed by atoms with van der Waals surface area (Å²) in [6, 6.07) is 15.9. The van der Waals surface area contributed by atoms with E-state index in [1.807, 2.05) is 42.5 Å². The number of benzene rings is 2. The molecule has 232 valence electrons. The Morgan fingerprint density at radius 1 is 0.909 bits per heavy atom. The summed E-state index contributed by atoms with van der Waals surface area (Å²) in [7, 11) is 0. The Labute approximate surface area is 257 Å². The second kappa shape index (κ2) is 12.3. The molecule has 10 nitrogen and oxygen atoms in total. The van der Waals surface area contributed by atoms with Crippen LogP contribution in [0.5, 0.6) is 11.5 Å². The van der Waals surface area contributed by atoms with E-state index in [-0.39, 0.29) is 23.8 Å². The molecule has 4 heterocycles. The molecule has 0 radical (unpaired) electrons. The topological polar surface area (TPSA) is 109 Å². The molecule has 2 aromatic rings. The number of nitrogens with zero attached hydrogens (tertiary/aromatic N) is 2. The van der Waals surface area contributed by atoms with Crippen molar-refractivity contribution in [3.63, 3.8) is 0 Å². The average Bonchev–Trinajstić information content (AvgIpc) is 3.69. The highest BCUT2D eigenvalue weighted by Crippen LogP contribution is 2.55. The van der Waals surface area contributed by atoms with Gasteiger partial charge in [0, 0.05) is 37.9 Å². The molecule has 5 atom stereocenters. The summed E-state index contributed by atoms with van der Waals surface area (Å²) < 4.78 is 17.9. The molecule has 1 aliphatic carbocycles. The fourth-order valence-electron chi connectivity index (χ4n) is 7.57. The molecule has 2 N–H and O–H groups in total. The van der Waals surface area contributed by atoms with Gasteiger partial charge in [0.25, 0.3) is 0 Å². The summed E-state index contributed by atoms with van der Waals surface area (Å²) in [6.07, 6.45) is 8.39. The maximum atomic E-state index is 14.2. The van der Waals surface area contributed by atoms with Gasteiger partial charge in [-0.2, -0.15) is 0 Å². The molecular weight excluding hydrogens is 560 g/mol. The van der Waals surface area contributed by atoms with Crippen LogP contribution in [-0.4, -0.2) is 90.7 Å². The molecule has 0 aromatic heterocycles. The number of hydrogen-bond donors (Lipinski definition) is 2. The third-order valence-corrected chi connectivity index (χ3v) is 9.74. The summed E-state index contributed by atoms with van der Waals surface area (Å²) in [5, 5.41) is 6.25. The summed E-state index contributed by atoms with van der Waals surface area (Å²) >= 11 is 0. The SMILES string of the molecule is O=C(Nc1ccc(Oc2ccccc2)cc1)C1[C@@H]2C=CC3(O2)C(C(=O)NC2CCCCC2)N(CCN2CCOCC2)C(=O)[C@H]13. The third-order valence-electron chi connectivity index (χ3n) is 9.74.